The molecule has 1 atom stereocenters. The Morgan fingerprint density at radius 3 is 2.67 bits per heavy atom. The van der Waals surface area contributed by atoms with Gasteiger partial charge in [-0.25, -0.2) is 0 Å². The van der Waals surface area contributed by atoms with E-state index in [1.165, 1.54) is 0 Å². The molecule has 0 aliphatic carbocycles. The highest BCUT2D eigenvalue weighted by molar-refractivity contribution is 4.98. The van der Waals surface area contributed by atoms with Gasteiger partial charge in [0.15, 0.2) is 0 Å². The summed E-state index contributed by atoms with van der Waals surface area (Å²) in [6.07, 6.45) is 2.45. The second kappa shape index (κ2) is 5.33. The summed E-state index contributed by atoms with van der Waals surface area (Å²) < 4.78 is 5.29. The first-order chi connectivity index (χ1) is 7.07. The minimum Gasteiger partial charge on any atom is -0.468 e. The van der Waals surface area contributed by atoms with Crippen LogP contribution in [-0.4, -0.2) is 28.7 Å². The van der Waals surface area contributed by atoms with Gasteiger partial charge in [0.2, 0.25) is 0 Å². The second-order valence-electron chi connectivity index (χ2n) is 4.23. The minimum absolute atomic E-state index is 0.609. The van der Waals surface area contributed by atoms with Crippen LogP contribution in [0.4, 0.5) is 0 Å². The standard InChI is InChI=1S/C12H21NO2/c1-4-12(3,14)10-13(5-2)9-11-7-6-8-15-11/h6-8,14H,4-5,9-10H2,1-3H3. The van der Waals surface area contributed by atoms with E-state index >= 15 is 0 Å². The van der Waals surface area contributed by atoms with Crippen molar-refractivity contribution in [1.29, 1.82) is 0 Å². The Kier molecular flexibility index (Phi) is 4.36. The highest BCUT2D eigenvalue weighted by Gasteiger charge is 2.21. The van der Waals surface area contributed by atoms with E-state index < -0.39 is 5.60 Å². The molecule has 1 aromatic heterocycles. The number of nitrogens with zero attached hydrogens (tertiary/aromatic N) is 1. The monoisotopic (exact) mass is 211 g/mol. The Labute approximate surface area is 91.7 Å². The maximum atomic E-state index is 9.98. The third-order valence-corrected chi connectivity index (χ3v) is 2.73. The van der Waals surface area contributed by atoms with Crippen molar-refractivity contribution >= 4 is 0 Å². The predicted molar refractivity (Wildman–Crippen MR) is 60.6 cm³/mol. The summed E-state index contributed by atoms with van der Waals surface area (Å²) in [4.78, 5) is 2.18. The summed E-state index contributed by atoms with van der Waals surface area (Å²) >= 11 is 0. The van der Waals surface area contributed by atoms with Crippen LogP contribution in [0.1, 0.15) is 33.0 Å². The molecular weight excluding hydrogens is 190 g/mol. The molecule has 1 heterocycles. The smallest absolute Gasteiger partial charge is 0.117 e. The summed E-state index contributed by atoms with van der Waals surface area (Å²) in [6, 6.07) is 3.85. The average molecular weight is 211 g/mol. The first-order valence-corrected chi connectivity index (χ1v) is 5.54. The van der Waals surface area contributed by atoms with Gasteiger partial charge < -0.3 is 9.52 Å². The Morgan fingerprint density at radius 1 is 1.47 bits per heavy atom. The van der Waals surface area contributed by atoms with Gasteiger partial charge in [0.25, 0.3) is 0 Å². The van der Waals surface area contributed by atoms with Crippen LogP contribution in [0.5, 0.6) is 0 Å². The molecule has 15 heavy (non-hydrogen) atoms. The molecule has 0 spiro atoms. The highest BCUT2D eigenvalue weighted by Crippen LogP contribution is 2.13. The molecular formula is C12H21NO2. The van der Waals surface area contributed by atoms with Crippen molar-refractivity contribution in [3.8, 4) is 0 Å². The highest BCUT2D eigenvalue weighted by atomic mass is 16.3. The van der Waals surface area contributed by atoms with E-state index in [-0.39, 0.29) is 0 Å². The van der Waals surface area contributed by atoms with E-state index in [1.54, 1.807) is 6.26 Å². The second-order valence-corrected chi connectivity index (χ2v) is 4.23. The topological polar surface area (TPSA) is 36.6 Å². The first kappa shape index (κ1) is 12.3. The molecule has 0 aromatic carbocycles. The lowest BCUT2D eigenvalue weighted by Crippen LogP contribution is -2.39. The molecule has 0 aliphatic heterocycles. The zero-order valence-corrected chi connectivity index (χ0v) is 9.86. The molecule has 0 fully saturated rings. The molecule has 0 amide bonds. The van der Waals surface area contributed by atoms with Crippen molar-refractivity contribution in [1.82, 2.24) is 4.90 Å². The van der Waals surface area contributed by atoms with Crippen LogP contribution in [0.3, 0.4) is 0 Å². The van der Waals surface area contributed by atoms with Crippen molar-refractivity contribution in [2.75, 3.05) is 13.1 Å². The third-order valence-electron chi connectivity index (χ3n) is 2.73. The number of likely N-dealkylation sites (N-methyl/N-ethyl adjacent to an activating group) is 1. The van der Waals surface area contributed by atoms with Gasteiger partial charge in [-0.05, 0) is 32.0 Å². The Balaban J connectivity index is 2.50. The van der Waals surface area contributed by atoms with E-state index in [4.69, 9.17) is 4.42 Å². The molecule has 3 heteroatoms. The van der Waals surface area contributed by atoms with Crippen molar-refractivity contribution < 1.29 is 9.52 Å². The molecule has 0 bridgehead atoms. The Hall–Kier alpha value is -0.800. The van der Waals surface area contributed by atoms with E-state index in [9.17, 15) is 5.11 Å². The van der Waals surface area contributed by atoms with E-state index in [0.717, 1.165) is 25.3 Å². The quantitative estimate of drug-likeness (QED) is 0.784. The van der Waals surface area contributed by atoms with E-state index in [1.807, 2.05) is 26.0 Å². The predicted octanol–water partition coefficient (Wildman–Crippen LogP) is 2.26. The molecule has 1 N–H and O–H groups in total. The van der Waals surface area contributed by atoms with Gasteiger partial charge in [0, 0.05) is 6.54 Å². The summed E-state index contributed by atoms with van der Waals surface area (Å²) in [5.74, 6) is 0.948. The van der Waals surface area contributed by atoms with Crippen LogP contribution < -0.4 is 0 Å². The molecule has 0 radical (unpaired) electrons. The van der Waals surface area contributed by atoms with Crippen LogP contribution in [0.2, 0.25) is 0 Å². The van der Waals surface area contributed by atoms with Crippen molar-refractivity contribution in [3.63, 3.8) is 0 Å². The zero-order valence-electron chi connectivity index (χ0n) is 9.86. The van der Waals surface area contributed by atoms with Gasteiger partial charge in [-0.2, -0.15) is 0 Å². The van der Waals surface area contributed by atoms with Crippen LogP contribution >= 0.6 is 0 Å². The summed E-state index contributed by atoms with van der Waals surface area (Å²) in [5.41, 5.74) is -0.609. The number of hydrogen-bond acceptors (Lipinski definition) is 3. The fraction of sp³-hybridized carbons (Fsp3) is 0.667. The summed E-state index contributed by atoms with van der Waals surface area (Å²) in [6.45, 7) is 8.32. The number of furan rings is 1. The fourth-order valence-electron chi connectivity index (χ4n) is 1.50. The molecule has 86 valence electrons. The van der Waals surface area contributed by atoms with Gasteiger partial charge in [-0.15, -0.1) is 0 Å². The van der Waals surface area contributed by atoms with E-state index in [2.05, 4.69) is 11.8 Å². The van der Waals surface area contributed by atoms with Gasteiger partial charge in [0.1, 0.15) is 5.76 Å². The zero-order chi connectivity index (χ0) is 11.3. The molecule has 1 rings (SSSR count). The molecule has 3 nitrogen and oxygen atoms in total. The fourth-order valence-corrected chi connectivity index (χ4v) is 1.50. The van der Waals surface area contributed by atoms with Crippen LogP contribution in [0, 0.1) is 0 Å². The lowest BCUT2D eigenvalue weighted by Gasteiger charge is -2.29. The number of rotatable bonds is 6. The number of aliphatic hydroxyl groups is 1. The van der Waals surface area contributed by atoms with Crippen LogP contribution in [0.15, 0.2) is 22.8 Å². The van der Waals surface area contributed by atoms with Crippen LogP contribution in [0.25, 0.3) is 0 Å². The normalized spacial score (nSPS) is 15.5. The molecule has 1 aromatic rings. The third kappa shape index (κ3) is 4.06. The minimum atomic E-state index is -0.609. The van der Waals surface area contributed by atoms with Crippen molar-refractivity contribution in [2.24, 2.45) is 0 Å². The molecule has 0 saturated carbocycles. The van der Waals surface area contributed by atoms with Crippen molar-refractivity contribution in [2.45, 2.75) is 39.3 Å². The molecule has 0 saturated heterocycles. The van der Waals surface area contributed by atoms with Crippen molar-refractivity contribution in [3.05, 3.63) is 24.2 Å². The lowest BCUT2D eigenvalue weighted by atomic mass is 10.0. The van der Waals surface area contributed by atoms with Gasteiger partial charge in [0.05, 0.1) is 18.4 Å². The van der Waals surface area contributed by atoms with Gasteiger partial charge in [-0.1, -0.05) is 13.8 Å². The largest absolute Gasteiger partial charge is 0.468 e. The molecule has 0 aliphatic rings. The maximum Gasteiger partial charge on any atom is 0.117 e. The molecule has 1 unspecified atom stereocenters. The Bertz CT molecular complexity index is 267. The van der Waals surface area contributed by atoms with E-state index in [0.29, 0.717) is 6.54 Å². The van der Waals surface area contributed by atoms with Gasteiger partial charge >= 0.3 is 0 Å². The first-order valence-electron chi connectivity index (χ1n) is 5.54. The maximum absolute atomic E-state index is 9.98. The average Bonchev–Trinajstić information content (AvgIpc) is 2.69. The summed E-state index contributed by atoms with van der Waals surface area (Å²) in [5, 5.41) is 9.98. The summed E-state index contributed by atoms with van der Waals surface area (Å²) in [7, 11) is 0. The Morgan fingerprint density at radius 2 is 2.20 bits per heavy atom. The lowest BCUT2D eigenvalue weighted by molar-refractivity contribution is 0.0139. The van der Waals surface area contributed by atoms with Gasteiger partial charge in [-0.3, -0.25) is 4.90 Å². The number of hydrogen-bond donors (Lipinski definition) is 1. The SMILES string of the molecule is CCN(Cc1ccco1)CC(C)(O)CC. The van der Waals surface area contributed by atoms with Crippen LogP contribution in [-0.2, 0) is 6.54 Å².